The zero-order valence-corrected chi connectivity index (χ0v) is 17.7. The quantitative estimate of drug-likeness (QED) is 0.617. The molecule has 1 N–H and O–H groups in total. The van der Waals surface area contributed by atoms with Crippen LogP contribution in [0.25, 0.3) is 11.4 Å². The smallest absolute Gasteiger partial charge is 0.241 e. The van der Waals surface area contributed by atoms with Gasteiger partial charge in [-0.05, 0) is 61.8 Å². The molecule has 1 fully saturated rings. The molecule has 0 bridgehead atoms. The Morgan fingerprint density at radius 1 is 1.17 bits per heavy atom. The molecule has 2 aromatic heterocycles. The summed E-state index contributed by atoms with van der Waals surface area (Å²) in [5.74, 6) is 1.09. The van der Waals surface area contributed by atoms with Crippen molar-refractivity contribution in [1.29, 1.82) is 0 Å². The molecular weight excluding hydrogens is 425 g/mol. The molecule has 9 heteroatoms. The maximum absolute atomic E-state index is 12.4. The van der Waals surface area contributed by atoms with Crippen molar-refractivity contribution in [3.05, 3.63) is 64.2 Å². The summed E-state index contributed by atoms with van der Waals surface area (Å²) in [6.07, 6.45) is 5.05. The van der Waals surface area contributed by atoms with Gasteiger partial charge in [0.25, 0.3) is 0 Å². The molecule has 0 atom stereocenters. The number of hydrogen-bond donors (Lipinski definition) is 1. The van der Waals surface area contributed by atoms with E-state index in [0.717, 1.165) is 31.5 Å². The summed E-state index contributed by atoms with van der Waals surface area (Å²) in [6, 6.07) is 8.97. The number of hydrogen-bond acceptors (Lipinski definition) is 6. The van der Waals surface area contributed by atoms with Crippen LogP contribution in [0.15, 0.2) is 47.2 Å². The molecule has 3 aromatic rings. The van der Waals surface area contributed by atoms with Gasteiger partial charge in [-0.25, -0.2) is 0 Å². The standard InChI is InChI=1S/C21H21Cl2N5O2/c22-16-1-2-17(18(23)11-16)20-26-19(30-27-20)13-28-9-5-15(6-10-28)21(29)25-12-14-3-7-24-8-4-14/h1-4,7-8,11,15H,5-6,9-10,12-13H2,(H,25,29). The van der Waals surface area contributed by atoms with E-state index in [1.807, 2.05) is 12.1 Å². The lowest BCUT2D eigenvalue weighted by atomic mass is 9.96. The zero-order valence-electron chi connectivity index (χ0n) is 16.2. The Kier molecular flexibility index (Phi) is 6.62. The van der Waals surface area contributed by atoms with Crippen LogP contribution in [-0.2, 0) is 17.9 Å². The highest BCUT2D eigenvalue weighted by atomic mass is 35.5. The molecule has 0 radical (unpaired) electrons. The average Bonchev–Trinajstić information content (AvgIpc) is 3.21. The van der Waals surface area contributed by atoms with Crippen molar-refractivity contribution in [2.75, 3.05) is 13.1 Å². The zero-order chi connectivity index (χ0) is 20.9. The molecule has 3 heterocycles. The summed E-state index contributed by atoms with van der Waals surface area (Å²) in [7, 11) is 0. The second-order valence-corrected chi connectivity index (χ2v) is 8.10. The van der Waals surface area contributed by atoms with Crippen molar-refractivity contribution >= 4 is 29.1 Å². The second kappa shape index (κ2) is 9.55. The van der Waals surface area contributed by atoms with Crippen LogP contribution in [0.1, 0.15) is 24.3 Å². The fourth-order valence-electron chi connectivity index (χ4n) is 3.48. The number of benzene rings is 1. The van der Waals surface area contributed by atoms with Crippen molar-refractivity contribution in [3.63, 3.8) is 0 Å². The van der Waals surface area contributed by atoms with E-state index in [-0.39, 0.29) is 11.8 Å². The van der Waals surface area contributed by atoms with Crippen molar-refractivity contribution in [3.8, 4) is 11.4 Å². The fourth-order valence-corrected chi connectivity index (χ4v) is 3.97. The fraction of sp³-hybridized carbons (Fsp3) is 0.333. The first-order chi connectivity index (χ1) is 14.6. The number of pyridine rings is 1. The number of carbonyl (C=O) groups excluding carboxylic acids is 1. The lowest BCUT2D eigenvalue weighted by molar-refractivity contribution is -0.126. The molecule has 0 unspecified atom stereocenters. The Balaban J connectivity index is 1.27. The van der Waals surface area contributed by atoms with Gasteiger partial charge in [0.15, 0.2) is 0 Å². The Hall–Kier alpha value is -2.48. The topological polar surface area (TPSA) is 84.2 Å². The van der Waals surface area contributed by atoms with Crippen molar-refractivity contribution in [1.82, 2.24) is 25.3 Å². The van der Waals surface area contributed by atoms with Crippen LogP contribution in [0.3, 0.4) is 0 Å². The highest BCUT2D eigenvalue weighted by Crippen LogP contribution is 2.28. The van der Waals surface area contributed by atoms with E-state index in [1.165, 1.54) is 0 Å². The molecule has 1 aliphatic rings. The first-order valence-electron chi connectivity index (χ1n) is 9.75. The Bertz CT molecular complexity index is 1000. The molecule has 4 rings (SSSR count). The highest BCUT2D eigenvalue weighted by molar-refractivity contribution is 6.36. The van der Waals surface area contributed by atoms with Gasteiger partial charge in [0.1, 0.15) is 0 Å². The molecular formula is C21H21Cl2N5O2. The van der Waals surface area contributed by atoms with Gasteiger partial charge in [-0.15, -0.1) is 0 Å². The van der Waals surface area contributed by atoms with E-state index >= 15 is 0 Å². The number of aromatic nitrogens is 3. The summed E-state index contributed by atoms with van der Waals surface area (Å²) in [6.45, 7) is 2.67. The minimum Gasteiger partial charge on any atom is -0.352 e. The lowest BCUT2D eigenvalue weighted by Crippen LogP contribution is -2.40. The Morgan fingerprint density at radius 3 is 2.67 bits per heavy atom. The van der Waals surface area contributed by atoms with Gasteiger partial charge < -0.3 is 9.84 Å². The third kappa shape index (κ3) is 5.16. The molecule has 0 spiro atoms. The first-order valence-corrected chi connectivity index (χ1v) is 10.5. The van der Waals surface area contributed by atoms with Gasteiger partial charge in [0.2, 0.25) is 17.6 Å². The normalized spacial score (nSPS) is 15.3. The third-order valence-electron chi connectivity index (χ3n) is 5.17. The van der Waals surface area contributed by atoms with Gasteiger partial charge in [-0.2, -0.15) is 4.98 Å². The van der Waals surface area contributed by atoms with Crippen LogP contribution in [0.5, 0.6) is 0 Å². The maximum atomic E-state index is 12.4. The third-order valence-corrected chi connectivity index (χ3v) is 5.72. The summed E-state index contributed by atoms with van der Waals surface area (Å²) in [4.78, 5) is 23.1. The molecule has 7 nitrogen and oxygen atoms in total. The summed E-state index contributed by atoms with van der Waals surface area (Å²) in [5.41, 5.74) is 1.73. The number of carbonyl (C=O) groups is 1. The molecule has 1 saturated heterocycles. The maximum Gasteiger partial charge on any atom is 0.241 e. The number of amides is 1. The van der Waals surface area contributed by atoms with E-state index in [4.69, 9.17) is 27.7 Å². The van der Waals surface area contributed by atoms with E-state index in [0.29, 0.717) is 40.4 Å². The SMILES string of the molecule is O=C(NCc1ccncc1)C1CCN(Cc2nc(-c3ccc(Cl)cc3Cl)no2)CC1. The number of halogens is 2. The molecule has 156 valence electrons. The predicted molar refractivity (Wildman–Crippen MR) is 114 cm³/mol. The van der Waals surface area contributed by atoms with Gasteiger partial charge >= 0.3 is 0 Å². The average molecular weight is 446 g/mol. The van der Waals surface area contributed by atoms with Crippen LogP contribution in [-0.4, -0.2) is 39.0 Å². The number of rotatable bonds is 6. The van der Waals surface area contributed by atoms with Gasteiger partial charge in [-0.1, -0.05) is 28.4 Å². The molecule has 1 aromatic carbocycles. The number of nitrogens with one attached hydrogen (secondary N) is 1. The summed E-state index contributed by atoms with van der Waals surface area (Å²) >= 11 is 12.2. The van der Waals surface area contributed by atoms with Crippen molar-refractivity contribution in [2.45, 2.75) is 25.9 Å². The minimum absolute atomic E-state index is 0.0224. The molecule has 30 heavy (non-hydrogen) atoms. The number of likely N-dealkylation sites (tertiary alicyclic amines) is 1. The van der Waals surface area contributed by atoms with E-state index in [2.05, 4.69) is 25.3 Å². The van der Waals surface area contributed by atoms with Gasteiger partial charge in [-0.3, -0.25) is 14.7 Å². The van der Waals surface area contributed by atoms with Crippen LogP contribution in [0.4, 0.5) is 0 Å². The molecule has 1 aliphatic heterocycles. The van der Waals surface area contributed by atoms with Crippen LogP contribution < -0.4 is 5.32 Å². The largest absolute Gasteiger partial charge is 0.352 e. The van der Waals surface area contributed by atoms with E-state index < -0.39 is 0 Å². The molecule has 1 amide bonds. The molecule has 0 aliphatic carbocycles. The summed E-state index contributed by atoms with van der Waals surface area (Å²) in [5, 5.41) is 8.08. The van der Waals surface area contributed by atoms with Crippen LogP contribution >= 0.6 is 23.2 Å². The first kappa shape index (κ1) is 20.8. The Morgan fingerprint density at radius 2 is 1.93 bits per heavy atom. The van der Waals surface area contributed by atoms with Crippen LogP contribution in [0, 0.1) is 5.92 Å². The lowest BCUT2D eigenvalue weighted by Gasteiger charge is -2.30. The number of nitrogens with zero attached hydrogens (tertiary/aromatic N) is 4. The Labute approximate surface area is 184 Å². The van der Waals surface area contributed by atoms with Gasteiger partial charge in [0, 0.05) is 35.4 Å². The number of piperidine rings is 1. The molecule has 0 saturated carbocycles. The minimum atomic E-state index is 0.0224. The van der Waals surface area contributed by atoms with E-state index in [1.54, 1.807) is 30.6 Å². The van der Waals surface area contributed by atoms with E-state index in [9.17, 15) is 4.79 Å². The van der Waals surface area contributed by atoms with Crippen LogP contribution in [0.2, 0.25) is 10.0 Å². The van der Waals surface area contributed by atoms with Crippen molar-refractivity contribution in [2.24, 2.45) is 5.92 Å². The highest BCUT2D eigenvalue weighted by Gasteiger charge is 2.26. The van der Waals surface area contributed by atoms with Crippen molar-refractivity contribution < 1.29 is 9.32 Å². The van der Waals surface area contributed by atoms with Gasteiger partial charge in [0.05, 0.1) is 11.6 Å². The second-order valence-electron chi connectivity index (χ2n) is 7.26. The monoisotopic (exact) mass is 445 g/mol. The predicted octanol–water partition coefficient (Wildman–Crippen LogP) is 3.97. The summed E-state index contributed by atoms with van der Waals surface area (Å²) < 4.78 is 5.39.